The topological polar surface area (TPSA) is 15.3 Å². The van der Waals surface area contributed by atoms with Crippen LogP contribution in [0.25, 0.3) is 6.08 Å². The molecule has 0 aromatic heterocycles. The number of benzene rings is 1. The first-order valence-electron chi connectivity index (χ1n) is 8.22. The molecule has 0 saturated carbocycles. The third kappa shape index (κ3) is 6.45. The van der Waals surface area contributed by atoms with E-state index in [1.807, 2.05) is 0 Å². The second-order valence-electron chi connectivity index (χ2n) is 7.21. The predicted molar refractivity (Wildman–Crippen MR) is 92.4 cm³/mol. The normalized spacial score (nSPS) is 21.0. The molecule has 1 unspecified atom stereocenters. The van der Waals surface area contributed by atoms with Gasteiger partial charge in [-0.05, 0) is 58.2 Å². The van der Waals surface area contributed by atoms with E-state index >= 15 is 0 Å². The number of nitrogens with one attached hydrogen (secondary N) is 1. The molecule has 0 bridgehead atoms. The van der Waals surface area contributed by atoms with Crippen molar-refractivity contribution in [1.82, 2.24) is 10.2 Å². The standard InChI is InChI=1S/C19H30N2/c1-19(2,3)20-15-18-12-8-14-21(16-18)13-7-11-17-9-5-4-6-10-17/h4-7,9-11,18,20H,8,12-16H2,1-3H3. The summed E-state index contributed by atoms with van der Waals surface area (Å²) in [6.45, 7) is 11.4. The minimum atomic E-state index is 0.232. The van der Waals surface area contributed by atoms with Crippen molar-refractivity contribution in [2.45, 2.75) is 39.2 Å². The fraction of sp³-hybridized carbons (Fsp3) is 0.579. The summed E-state index contributed by atoms with van der Waals surface area (Å²) >= 11 is 0. The number of nitrogens with zero attached hydrogens (tertiary/aromatic N) is 1. The third-order valence-corrected chi connectivity index (χ3v) is 4.00. The predicted octanol–water partition coefficient (Wildman–Crippen LogP) is 3.80. The van der Waals surface area contributed by atoms with Crippen LogP contribution < -0.4 is 5.32 Å². The maximum absolute atomic E-state index is 3.65. The molecule has 1 aromatic rings. The zero-order valence-corrected chi connectivity index (χ0v) is 13.8. The lowest BCUT2D eigenvalue weighted by molar-refractivity contribution is 0.181. The molecule has 1 saturated heterocycles. The van der Waals surface area contributed by atoms with Gasteiger partial charge < -0.3 is 5.32 Å². The summed E-state index contributed by atoms with van der Waals surface area (Å²) in [5.74, 6) is 0.795. The van der Waals surface area contributed by atoms with Crippen LogP contribution in [0.5, 0.6) is 0 Å². The second kappa shape index (κ2) is 7.77. The van der Waals surface area contributed by atoms with Crippen LogP contribution in [0.1, 0.15) is 39.2 Å². The highest BCUT2D eigenvalue weighted by Gasteiger charge is 2.20. The van der Waals surface area contributed by atoms with Crippen LogP contribution in [0.2, 0.25) is 0 Å². The molecule has 2 rings (SSSR count). The van der Waals surface area contributed by atoms with Gasteiger partial charge in [0.05, 0.1) is 0 Å². The van der Waals surface area contributed by atoms with Gasteiger partial charge in [0.1, 0.15) is 0 Å². The quantitative estimate of drug-likeness (QED) is 0.885. The lowest BCUT2D eigenvalue weighted by Crippen LogP contribution is -2.44. The van der Waals surface area contributed by atoms with Crippen molar-refractivity contribution < 1.29 is 0 Å². The van der Waals surface area contributed by atoms with E-state index < -0.39 is 0 Å². The smallest absolute Gasteiger partial charge is 0.0166 e. The van der Waals surface area contributed by atoms with Crippen molar-refractivity contribution in [3.8, 4) is 0 Å². The van der Waals surface area contributed by atoms with Crippen LogP contribution in [-0.4, -0.2) is 36.6 Å². The number of hydrogen-bond acceptors (Lipinski definition) is 2. The molecular formula is C19H30N2. The van der Waals surface area contributed by atoms with E-state index in [4.69, 9.17) is 0 Å². The van der Waals surface area contributed by atoms with Crippen molar-refractivity contribution >= 4 is 6.08 Å². The van der Waals surface area contributed by atoms with Crippen LogP contribution in [-0.2, 0) is 0 Å². The molecule has 1 atom stereocenters. The maximum Gasteiger partial charge on any atom is 0.0166 e. The van der Waals surface area contributed by atoms with Crippen molar-refractivity contribution in [3.63, 3.8) is 0 Å². The Bertz CT molecular complexity index is 431. The lowest BCUT2D eigenvalue weighted by Gasteiger charge is -2.34. The fourth-order valence-corrected chi connectivity index (χ4v) is 2.84. The average molecular weight is 286 g/mol. The molecule has 1 N–H and O–H groups in total. The molecule has 2 heteroatoms. The van der Waals surface area contributed by atoms with Crippen LogP contribution in [0.15, 0.2) is 36.4 Å². The van der Waals surface area contributed by atoms with Crippen LogP contribution in [0.4, 0.5) is 0 Å². The summed E-state index contributed by atoms with van der Waals surface area (Å²) in [7, 11) is 0. The lowest BCUT2D eigenvalue weighted by atomic mass is 9.96. The van der Waals surface area contributed by atoms with Gasteiger partial charge in [-0.1, -0.05) is 42.5 Å². The summed E-state index contributed by atoms with van der Waals surface area (Å²) in [6, 6.07) is 10.6. The minimum Gasteiger partial charge on any atom is -0.312 e. The van der Waals surface area contributed by atoms with E-state index in [2.05, 4.69) is 73.5 Å². The molecule has 1 fully saturated rings. The molecule has 116 valence electrons. The molecular weight excluding hydrogens is 256 g/mol. The first-order chi connectivity index (χ1) is 10.0. The van der Waals surface area contributed by atoms with E-state index in [0.717, 1.165) is 19.0 Å². The molecule has 0 amide bonds. The Morgan fingerprint density at radius 2 is 2.00 bits per heavy atom. The first-order valence-corrected chi connectivity index (χ1v) is 8.22. The van der Waals surface area contributed by atoms with Gasteiger partial charge in [0, 0.05) is 18.6 Å². The number of rotatable bonds is 5. The van der Waals surface area contributed by atoms with Crippen LogP contribution in [0.3, 0.4) is 0 Å². The average Bonchev–Trinajstić information content (AvgIpc) is 2.46. The molecule has 1 aliphatic heterocycles. The number of piperidine rings is 1. The minimum absolute atomic E-state index is 0.232. The zero-order chi connectivity index (χ0) is 15.1. The molecule has 1 aliphatic rings. The Morgan fingerprint density at radius 1 is 1.24 bits per heavy atom. The van der Waals surface area contributed by atoms with E-state index in [1.54, 1.807) is 0 Å². The highest BCUT2D eigenvalue weighted by atomic mass is 15.1. The molecule has 2 nitrogen and oxygen atoms in total. The molecule has 1 aromatic carbocycles. The Hall–Kier alpha value is -1.12. The summed E-state index contributed by atoms with van der Waals surface area (Å²) in [6.07, 6.45) is 7.23. The van der Waals surface area contributed by atoms with E-state index in [9.17, 15) is 0 Å². The third-order valence-electron chi connectivity index (χ3n) is 4.00. The largest absolute Gasteiger partial charge is 0.312 e. The van der Waals surface area contributed by atoms with E-state index in [1.165, 1.54) is 31.5 Å². The zero-order valence-electron chi connectivity index (χ0n) is 13.8. The van der Waals surface area contributed by atoms with Crippen LogP contribution >= 0.6 is 0 Å². The van der Waals surface area contributed by atoms with E-state index in [-0.39, 0.29) is 5.54 Å². The summed E-state index contributed by atoms with van der Waals surface area (Å²) in [5, 5.41) is 3.65. The Morgan fingerprint density at radius 3 is 2.71 bits per heavy atom. The van der Waals surface area contributed by atoms with Gasteiger partial charge in [-0.25, -0.2) is 0 Å². The Labute approximate surface area is 130 Å². The van der Waals surface area contributed by atoms with Crippen molar-refractivity contribution in [3.05, 3.63) is 42.0 Å². The Kier molecular flexibility index (Phi) is 6.01. The summed E-state index contributed by atoms with van der Waals surface area (Å²) < 4.78 is 0. The van der Waals surface area contributed by atoms with Crippen molar-refractivity contribution in [1.29, 1.82) is 0 Å². The highest BCUT2D eigenvalue weighted by molar-refractivity contribution is 5.48. The van der Waals surface area contributed by atoms with Gasteiger partial charge in [0.2, 0.25) is 0 Å². The van der Waals surface area contributed by atoms with Gasteiger partial charge in [-0.15, -0.1) is 0 Å². The summed E-state index contributed by atoms with van der Waals surface area (Å²) in [5.41, 5.74) is 1.52. The molecule has 0 aliphatic carbocycles. The Balaban J connectivity index is 1.75. The molecule has 0 spiro atoms. The SMILES string of the molecule is CC(C)(C)NCC1CCCN(CC=Cc2ccccc2)C1. The number of hydrogen-bond donors (Lipinski definition) is 1. The van der Waals surface area contributed by atoms with Gasteiger partial charge in [-0.2, -0.15) is 0 Å². The maximum atomic E-state index is 3.65. The number of likely N-dealkylation sites (tertiary alicyclic amines) is 1. The second-order valence-corrected chi connectivity index (χ2v) is 7.21. The fourth-order valence-electron chi connectivity index (χ4n) is 2.84. The van der Waals surface area contributed by atoms with Gasteiger partial charge in [0.25, 0.3) is 0 Å². The first kappa shape index (κ1) is 16.3. The highest BCUT2D eigenvalue weighted by Crippen LogP contribution is 2.16. The van der Waals surface area contributed by atoms with Crippen molar-refractivity contribution in [2.24, 2.45) is 5.92 Å². The molecule has 0 radical (unpaired) electrons. The van der Waals surface area contributed by atoms with Gasteiger partial charge >= 0.3 is 0 Å². The van der Waals surface area contributed by atoms with E-state index in [0.29, 0.717) is 0 Å². The van der Waals surface area contributed by atoms with Gasteiger partial charge in [0.15, 0.2) is 0 Å². The van der Waals surface area contributed by atoms with Crippen molar-refractivity contribution in [2.75, 3.05) is 26.2 Å². The summed E-state index contributed by atoms with van der Waals surface area (Å²) in [4.78, 5) is 2.58. The monoisotopic (exact) mass is 286 g/mol. The van der Waals surface area contributed by atoms with Gasteiger partial charge in [-0.3, -0.25) is 4.90 Å². The van der Waals surface area contributed by atoms with Crippen LogP contribution in [0, 0.1) is 5.92 Å². The molecule has 21 heavy (non-hydrogen) atoms. The molecule has 1 heterocycles.